The third-order valence-corrected chi connectivity index (χ3v) is 3.64. The fraction of sp³-hybridized carbons (Fsp3) is 0.357. The molecular weight excluding hydrogens is 246 g/mol. The number of hydrogen-bond acceptors (Lipinski definition) is 2. The first-order valence-electron chi connectivity index (χ1n) is 6.31. The monoisotopic (exact) mass is 261 g/mol. The van der Waals surface area contributed by atoms with Crippen LogP contribution in [0.5, 0.6) is 0 Å². The predicted molar refractivity (Wildman–Crippen MR) is 72.8 cm³/mol. The number of benzene rings is 1. The van der Waals surface area contributed by atoms with Gasteiger partial charge in [0, 0.05) is 23.8 Å². The van der Waals surface area contributed by atoms with Gasteiger partial charge >= 0.3 is 0 Å². The minimum absolute atomic E-state index is 0.451. The van der Waals surface area contributed by atoms with Crippen LogP contribution in [0.25, 0.3) is 0 Å². The van der Waals surface area contributed by atoms with Crippen molar-refractivity contribution in [2.45, 2.75) is 25.4 Å². The van der Waals surface area contributed by atoms with Crippen molar-refractivity contribution in [2.75, 3.05) is 6.54 Å². The van der Waals surface area contributed by atoms with Gasteiger partial charge in [-0.3, -0.25) is 0 Å². The molecule has 18 heavy (non-hydrogen) atoms. The van der Waals surface area contributed by atoms with Crippen LogP contribution in [0.15, 0.2) is 36.8 Å². The van der Waals surface area contributed by atoms with Crippen molar-refractivity contribution in [3.05, 3.63) is 53.1 Å². The highest BCUT2D eigenvalue weighted by molar-refractivity contribution is 6.30. The predicted octanol–water partition coefficient (Wildman–Crippen LogP) is 3.01. The lowest BCUT2D eigenvalue weighted by atomic mass is 10.1. The van der Waals surface area contributed by atoms with Gasteiger partial charge in [0.05, 0.1) is 12.0 Å². The summed E-state index contributed by atoms with van der Waals surface area (Å²) in [7, 11) is 0. The summed E-state index contributed by atoms with van der Waals surface area (Å²) in [6, 6.07) is 8.44. The fourth-order valence-corrected chi connectivity index (χ4v) is 2.74. The molecule has 1 unspecified atom stereocenters. The van der Waals surface area contributed by atoms with Crippen molar-refractivity contribution >= 4 is 11.6 Å². The van der Waals surface area contributed by atoms with Crippen LogP contribution in [-0.2, 0) is 6.54 Å². The molecule has 1 N–H and O–H groups in total. The molecule has 3 rings (SSSR count). The van der Waals surface area contributed by atoms with Crippen LogP contribution in [0.2, 0.25) is 5.02 Å². The van der Waals surface area contributed by atoms with Gasteiger partial charge in [0.2, 0.25) is 0 Å². The molecule has 3 nitrogen and oxygen atoms in total. The first-order chi connectivity index (χ1) is 8.83. The molecule has 94 valence electrons. The smallest absolute Gasteiger partial charge is 0.0951 e. The molecule has 1 aromatic heterocycles. The average Bonchev–Trinajstić information content (AvgIpc) is 2.98. The number of imidazole rings is 1. The van der Waals surface area contributed by atoms with E-state index in [1.165, 1.54) is 24.1 Å². The summed E-state index contributed by atoms with van der Waals surface area (Å²) in [5.41, 5.74) is 2.48. The van der Waals surface area contributed by atoms with Gasteiger partial charge in [-0.25, -0.2) is 4.98 Å². The molecule has 0 radical (unpaired) electrons. The minimum Gasteiger partial charge on any atom is -0.329 e. The van der Waals surface area contributed by atoms with E-state index in [1.807, 2.05) is 30.7 Å². The molecule has 1 saturated heterocycles. The normalized spacial score (nSPS) is 19.3. The Morgan fingerprint density at radius 1 is 1.44 bits per heavy atom. The summed E-state index contributed by atoms with van der Waals surface area (Å²) in [5, 5.41) is 4.29. The quantitative estimate of drug-likeness (QED) is 0.921. The lowest BCUT2D eigenvalue weighted by molar-refractivity contribution is 0.584. The SMILES string of the molecule is Clc1cccc(Cn2cncc2C2CCCN2)c1. The van der Waals surface area contributed by atoms with Crippen molar-refractivity contribution in [3.8, 4) is 0 Å². The van der Waals surface area contributed by atoms with Gasteiger partial charge in [0.15, 0.2) is 0 Å². The number of halogens is 1. The highest BCUT2D eigenvalue weighted by Gasteiger charge is 2.19. The molecule has 2 heterocycles. The molecule has 1 atom stereocenters. The summed E-state index contributed by atoms with van der Waals surface area (Å²) in [5.74, 6) is 0. The fourth-order valence-electron chi connectivity index (χ4n) is 2.52. The standard InChI is InChI=1S/C14H16ClN3/c15-12-4-1-3-11(7-12)9-18-10-16-8-14(18)13-5-2-6-17-13/h1,3-4,7-8,10,13,17H,2,5-6,9H2. The van der Waals surface area contributed by atoms with Crippen LogP contribution in [0.3, 0.4) is 0 Å². The zero-order valence-corrected chi connectivity index (χ0v) is 10.9. The van der Waals surface area contributed by atoms with Gasteiger partial charge in [-0.2, -0.15) is 0 Å². The molecule has 4 heteroatoms. The first kappa shape index (κ1) is 11.8. The van der Waals surface area contributed by atoms with Crippen molar-refractivity contribution in [1.82, 2.24) is 14.9 Å². The Morgan fingerprint density at radius 2 is 2.39 bits per heavy atom. The Bertz CT molecular complexity index is 529. The molecule has 1 fully saturated rings. The Labute approximate surface area is 112 Å². The summed E-state index contributed by atoms with van der Waals surface area (Å²) in [6.07, 6.45) is 6.30. The largest absolute Gasteiger partial charge is 0.329 e. The molecule has 1 aliphatic rings. The van der Waals surface area contributed by atoms with Crippen LogP contribution in [0.1, 0.15) is 30.1 Å². The van der Waals surface area contributed by atoms with E-state index >= 15 is 0 Å². The third kappa shape index (κ3) is 2.42. The van der Waals surface area contributed by atoms with E-state index in [0.717, 1.165) is 18.1 Å². The van der Waals surface area contributed by atoms with E-state index in [9.17, 15) is 0 Å². The molecular formula is C14H16ClN3. The lowest BCUT2D eigenvalue weighted by Crippen LogP contribution is -2.17. The Balaban J connectivity index is 1.82. The second kappa shape index (κ2) is 5.12. The molecule has 1 aliphatic heterocycles. The molecule has 0 spiro atoms. The number of nitrogens with zero attached hydrogens (tertiary/aromatic N) is 2. The third-order valence-electron chi connectivity index (χ3n) is 3.40. The molecule has 1 aromatic carbocycles. The zero-order chi connectivity index (χ0) is 12.4. The van der Waals surface area contributed by atoms with E-state index in [-0.39, 0.29) is 0 Å². The second-order valence-corrected chi connectivity index (χ2v) is 5.16. The van der Waals surface area contributed by atoms with Gasteiger partial charge < -0.3 is 9.88 Å². The Hall–Kier alpha value is -1.32. The van der Waals surface area contributed by atoms with Gasteiger partial charge in [0.1, 0.15) is 0 Å². The Kier molecular flexibility index (Phi) is 3.35. The van der Waals surface area contributed by atoms with Crippen LogP contribution in [0, 0.1) is 0 Å². The van der Waals surface area contributed by atoms with E-state index in [4.69, 9.17) is 11.6 Å². The first-order valence-corrected chi connectivity index (χ1v) is 6.68. The van der Waals surface area contributed by atoms with E-state index in [0.29, 0.717) is 6.04 Å². The van der Waals surface area contributed by atoms with Gasteiger partial charge in [-0.15, -0.1) is 0 Å². The highest BCUT2D eigenvalue weighted by Crippen LogP contribution is 2.23. The molecule has 2 aromatic rings. The maximum absolute atomic E-state index is 6.01. The molecule has 0 bridgehead atoms. The topological polar surface area (TPSA) is 29.9 Å². The van der Waals surface area contributed by atoms with E-state index in [1.54, 1.807) is 0 Å². The Morgan fingerprint density at radius 3 is 3.17 bits per heavy atom. The van der Waals surface area contributed by atoms with Crippen LogP contribution >= 0.6 is 11.6 Å². The van der Waals surface area contributed by atoms with E-state index in [2.05, 4.69) is 20.9 Å². The summed E-state index contributed by atoms with van der Waals surface area (Å²) in [4.78, 5) is 4.28. The minimum atomic E-state index is 0.451. The number of nitrogens with one attached hydrogen (secondary N) is 1. The van der Waals surface area contributed by atoms with Crippen LogP contribution in [-0.4, -0.2) is 16.1 Å². The van der Waals surface area contributed by atoms with Crippen molar-refractivity contribution < 1.29 is 0 Å². The number of rotatable bonds is 3. The van der Waals surface area contributed by atoms with Crippen LogP contribution < -0.4 is 5.32 Å². The molecule has 0 amide bonds. The van der Waals surface area contributed by atoms with Gasteiger partial charge in [-0.05, 0) is 37.1 Å². The highest BCUT2D eigenvalue weighted by atomic mass is 35.5. The molecule has 0 saturated carbocycles. The van der Waals surface area contributed by atoms with Gasteiger partial charge in [-0.1, -0.05) is 23.7 Å². The van der Waals surface area contributed by atoms with Crippen molar-refractivity contribution in [2.24, 2.45) is 0 Å². The van der Waals surface area contributed by atoms with E-state index < -0.39 is 0 Å². The average molecular weight is 262 g/mol. The second-order valence-electron chi connectivity index (χ2n) is 4.73. The summed E-state index contributed by atoms with van der Waals surface area (Å²) >= 11 is 6.01. The zero-order valence-electron chi connectivity index (χ0n) is 10.1. The maximum Gasteiger partial charge on any atom is 0.0951 e. The van der Waals surface area contributed by atoms with Gasteiger partial charge in [0.25, 0.3) is 0 Å². The maximum atomic E-state index is 6.01. The van der Waals surface area contributed by atoms with Crippen molar-refractivity contribution in [3.63, 3.8) is 0 Å². The van der Waals surface area contributed by atoms with Crippen molar-refractivity contribution in [1.29, 1.82) is 0 Å². The van der Waals surface area contributed by atoms with Crippen LogP contribution in [0.4, 0.5) is 0 Å². The molecule has 0 aliphatic carbocycles. The number of aromatic nitrogens is 2. The summed E-state index contributed by atoms with van der Waals surface area (Å²) < 4.78 is 2.20. The number of hydrogen-bond donors (Lipinski definition) is 1. The summed E-state index contributed by atoms with van der Waals surface area (Å²) in [6.45, 7) is 1.93. The lowest BCUT2D eigenvalue weighted by Gasteiger charge is -2.14.